The van der Waals surface area contributed by atoms with E-state index in [1.165, 1.54) is 24.5 Å². The lowest BCUT2D eigenvalue weighted by atomic mass is 10.2. The minimum atomic E-state index is -3.84. The van der Waals surface area contributed by atoms with Gasteiger partial charge >= 0.3 is 6.03 Å². The number of rotatable bonds is 7. The number of urea groups is 1. The Morgan fingerprint density at radius 1 is 1.20 bits per heavy atom. The van der Waals surface area contributed by atoms with Crippen LogP contribution >= 0.6 is 0 Å². The first-order valence-corrected chi connectivity index (χ1v) is 9.41. The van der Waals surface area contributed by atoms with Crippen molar-refractivity contribution in [2.45, 2.75) is 23.5 Å². The molecule has 8 heteroatoms. The lowest BCUT2D eigenvalue weighted by molar-refractivity contribution is 0.241. The molecule has 2 aromatic rings. The Morgan fingerprint density at radius 3 is 2.52 bits per heavy atom. The molecule has 1 aromatic heterocycles. The van der Waals surface area contributed by atoms with E-state index < -0.39 is 26.9 Å². The Kier molecular flexibility index (Phi) is 6.46. The van der Waals surface area contributed by atoms with Crippen molar-refractivity contribution in [1.29, 1.82) is 0 Å². The van der Waals surface area contributed by atoms with Gasteiger partial charge in [-0.1, -0.05) is 13.0 Å². The van der Waals surface area contributed by atoms with Crippen molar-refractivity contribution >= 4 is 15.9 Å². The minimum Gasteiger partial charge on any atom is -0.338 e. The molecule has 0 radical (unpaired) electrons. The summed E-state index contributed by atoms with van der Waals surface area (Å²) in [5.41, 5.74) is 0.447. The molecule has 0 spiro atoms. The highest BCUT2D eigenvalue weighted by Crippen LogP contribution is 2.28. The SMILES string of the molecule is CCCNC(=O)NCC(c1cccnc1)S(=O)(=O)c1ccc(F)cc1. The Balaban J connectivity index is 2.28. The number of nitrogens with one attached hydrogen (secondary N) is 2. The molecule has 6 nitrogen and oxygen atoms in total. The third-order valence-electron chi connectivity index (χ3n) is 3.56. The first-order chi connectivity index (χ1) is 11.9. The van der Waals surface area contributed by atoms with E-state index in [2.05, 4.69) is 15.6 Å². The highest BCUT2D eigenvalue weighted by Gasteiger charge is 2.29. The van der Waals surface area contributed by atoms with E-state index in [-0.39, 0.29) is 11.4 Å². The number of aromatic nitrogens is 1. The molecule has 0 bridgehead atoms. The predicted octanol–water partition coefficient (Wildman–Crippen LogP) is 2.44. The van der Waals surface area contributed by atoms with Crippen LogP contribution in [0.3, 0.4) is 0 Å². The number of amides is 2. The zero-order chi connectivity index (χ0) is 18.3. The molecule has 1 aromatic carbocycles. The van der Waals surface area contributed by atoms with E-state index in [0.717, 1.165) is 18.6 Å². The number of nitrogens with zero attached hydrogens (tertiary/aromatic N) is 1. The summed E-state index contributed by atoms with van der Waals surface area (Å²) < 4.78 is 39.0. The van der Waals surface area contributed by atoms with Gasteiger partial charge in [0.2, 0.25) is 0 Å². The molecule has 2 rings (SSSR count). The Labute approximate surface area is 146 Å². The van der Waals surface area contributed by atoms with Gasteiger partial charge in [0.25, 0.3) is 0 Å². The third-order valence-corrected chi connectivity index (χ3v) is 5.67. The molecule has 25 heavy (non-hydrogen) atoms. The fourth-order valence-corrected chi connectivity index (χ4v) is 3.89. The van der Waals surface area contributed by atoms with Gasteiger partial charge in [0.05, 0.1) is 4.90 Å². The molecular weight excluding hydrogens is 345 g/mol. The van der Waals surface area contributed by atoms with Gasteiger partial charge in [-0.05, 0) is 42.3 Å². The van der Waals surface area contributed by atoms with Gasteiger partial charge in [-0.2, -0.15) is 0 Å². The molecular formula is C17H20FN3O3S. The van der Waals surface area contributed by atoms with Gasteiger partial charge in [-0.15, -0.1) is 0 Å². The topological polar surface area (TPSA) is 88.2 Å². The van der Waals surface area contributed by atoms with Crippen molar-refractivity contribution in [1.82, 2.24) is 15.6 Å². The van der Waals surface area contributed by atoms with Crippen LogP contribution in [0.15, 0.2) is 53.7 Å². The van der Waals surface area contributed by atoms with Crippen molar-refractivity contribution in [3.8, 4) is 0 Å². The second-order valence-electron chi connectivity index (χ2n) is 5.41. The zero-order valence-corrected chi connectivity index (χ0v) is 14.6. The Bertz CT molecular complexity index is 796. The number of pyridine rings is 1. The van der Waals surface area contributed by atoms with Crippen LogP contribution < -0.4 is 10.6 Å². The van der Waals surface area contributed by atoms with E-state index in [0.29, 0.717) is 12.1 Å². The van der Waals surface area contributed by atoms with E-state index in [1.807, 2.05) is 6.92 Å². The second kappa shape index (κ2) is 8.57. The predicted molar refractivity (Wildman–Crippen MR) is 92.3 cm³/mol. The second-order valence-corrected chi connectivity index (χ2v) is 7.54. The molecule has 0 aliphatic heterocycles. The molecule has 2 amide bonds. The lowest BCUT2D eigenvalue weighted by Gasteiger charge is -2.19. The van der Waals surface area contributed by atoms with Crippen LogP contribution in [0.2, 0.25) is 0 Å². The molecule has 0 aliphatic carbocycles. The first-order valence-electron chi connectivity index (χ1n) is 7.86. The van der Waals surface area contributed by atoms with Gasteiger partial charge in [-0.3, -0.25) is 4.98 Å². The summed E-state index contributed by atoms with van der Waals surface area (Å²) >= 11 is 0. The molecule has 0 fully saturated rings. The summed E-state index contributed by atoms with van der Waals surface area (Å²) in [6, 6.07) is 7.42. The monoisotopic (exact) mass is 365 g/mol. The van der Waals surface area contributed by atoms with Crippen LogP contribution in [0, 0.1) is 5.82 Å². The molecule has 1 atom stereocenters. The van der Waals surface area contributed by atoms with Crippen molar-refractivity contribution in [3.63, 3.8) is 0 Å². The molecule has 2 N–H and O–H groups in total. The van der Waals surface area contributed by atoms with Gasteiger partial charge < -0.3 is 10.6 Å². The van der Waals surface area contributed by atoms with Gasteiger partial charge in [0, 0.05) is 25.5 Å². The standard InChI is InChI=1S/C17H20FN3O3S/c1-2-9-20-17(22)21-12-16(13-4-3-10-19-11-13)25(23,24)15-7-5-14(18)6-8-15/h3-8,10-11,16H,2,9,12H2,1H3,(H2,20,21,22). The maximum Gasteiger partial charge on any atom is 0.314 e. The zero-order valence-electron chi connectivity index (χ0n) is 13.8. The number of halogens is 1. The fourth-order valence-electron chi connectivity index (χ4n) is 2.25. The van der Waals surface area contributed by atoms with E-state index in [9.17, 15) is 17.6 Å². The molecule has 0 aliphatic rings. The lowest BCUT2D eigenvalue weighted by Crippen LogP contribution is -2.39. The van der Waals surface area contributed by atoms with Crippen molar-refractivity contribution < 1.29 is 17.6 Å². The number of carbonyl (C=O) groups is 1. The molecule has 1 unspecified atom stereocenters. The Hall–Kier alpha value is -2.48. The Morgan fingerprint density at radius 2 is 1.92 bits per heavy atom. The summed E-state index contributed by atoms with van der Waals surface area (Å²) in [5, 5.41) is 4.17. The van der Waals surface area contributed by atoms with Crippen molar-refractivity contribution in [2.75, 3.05) is 13.1 Å². The third kappa shape index (κ3) is 4.99. The van der Waals surface area contributed by atoms with Gasteiger partial charge in [0.15, 0.2) is 9.84 Å². The summed E-state index contributed by atoms with van der Waals surface area (Å²) in [5.74, 6) is -0.519. The van der Waals surface area contributed by atoms with Crippen LogP contribution in [-0.4, -0.2) is 32.5 Å². The summed E-state index contributed by atoms with van der Waals surface area (Å²) in [7, 11) is -3.84. The van der Waals surface area contributed by atoms with Gasteiger partial charge in [-0.25, -0.2) is 17.6 Å². The summed E-state index contributed by atoms with van der Waals surface area (Å²) in [6.45, 7) is 2.28. The maximum atomic E-state index is 13.1. The van der Waals surface area contributed by atoms with E-state index >= 15 is 0 Å². The highest BCUT2D eigenvalue weighted by molar-refractivity contribution is 7.91. The number of carbonyl (C=O) groups excluding carboxylic acids is 1. The smallest absolute Gasteiger partial charge is 0.314 e. The largest absolute Gasteiger partial charge is 0.338 e. The fraction of sp³-hybridized carbons (Fsp3) is 0.294. The number of hydrogen-bond donors (Lipinski definition) is 2. The average Bonchev–Trinajstić information content (AvgIpc) is 2.61. The maximum absolute atomic E-state index is 13.1. The quantitative estimate of drug-likeness (QED) is 0.738. The summed E-state index contributed by atoms with van der Waals surface area (Å²) in [6.07, 6.45) is 3.75. The average molecular weight is 365 g/mol. The minimum absolute atomic E-state index is 0.0153. The first kappa shape index (κ1) is 18.9. The number of sulfone groups is 1. The molecule has 1 heterocycles. The van der Waals surface area contributed by atoms with E-state index in [4.69, 9.17) is 0 Å². The normalized spacial score (nSPS) is 12.4. The number of benzene rings is 1. The molecule has 0 saturated carbocycles. The van der Waals surface area contributed by atoms with Crippen molar-refractivity contribution in [2.24, 2.45) is 0 Å². The van der Waals surface area contributed by atoms with Crippen LogP contribution in [0.5, 0.6) is 0 Å². The van der Waals surface area contributed by atoms with Crippen LogP contribution in [0.25, 0.3) is 0 Å². The molecule has 0 saturated heterocycles. The van der Waals surface area contributed by atoms with Crippen LogP contribution in [-0.2, 0) is 9.84 Å². The van der Waals surface area contributed by atoms with Crippen LogP contribution in [0.1, 0.15) is 24.2 Å². The van der Waals surface area contributed by atoms with E-state index in [1.54, 1.807) is 12.1 Å². The van der Waals surface area contributed by atoms with Gasteiger partial charge in [0.1, 0.15) is 11.1 Å². The molecule has 134 valence electrons. The van der Waals surface area contributed by atoms with Crippen molar-refractivity contribution in [3.05, 3.63) is 60.2 Å². The number of hydrogen-bond acceptors (Lipinski definition) is 4. The van der Waals surface area contributed by atoms with Crippen LogP contribution in [0.4, 0.5) is 9.18 Å². The highest BCUT2D eigenvalue weighted by atomic mass is 32.2. The summed E-state index contributed by atoms with van der Waals surface area (Å²) in [4.78, 5) is 15.7.